The second kappa shape index (κ2) is 7.75. The third-order valence-corrected chi connectivity index (χ3v) is 7.05. The van der Waals surface area contributed by atoms with E-state index in [4.69, 9.17) is 0 Å². The van der Waals surface area contributed by atoms with Crippen LogP contribution in [0.4, 0.5) is 0 Å². The first-order valence-corrected chi connectivity index (χ1v) is 10.6. The predicted octanol–water partition coefficient (Wildman–Crippen LogP) is 2.55. The number of amides is 1. The highest BCUT2D eigenvalue weighted by atomic mass is 32.2. The van der Waals surface area contributed by atoms with E-state index in [0.29, 0.717) is 6.42 Å². The van der Waals surface area contributed by atoms with Gasteiger partial charge in [-0.1, -0.05) is 32.1 Å². The molecule has 23 heavy (non-hydrogen) atoms. The third-order valence-electron chi connectivity index (χ3n) is 6.10. The lowest BCUT2D eigenvalue weighted by atomic mass is 9.82. The molecule has 3 rings (SSSR count). The van der Waals surface area contributed by atoms with Crippen LogP contribution in [0.3, 0.4) is 0 Å². The Labute approximate surface area is 144 Å². The molecular formula is C18H32N2O2S. The zero-order valence-corrected chi connectivity index (χ0v) is 15.1. The Bertz CT molecular complexity index is 398. The van der Waals surface area contributed by atoms with E-state index in [1.54, 1.807) is 0 Å². The Hall–Kier alpha value is -0.260. The zero-order valence-electron chi connectivity index (χ0n) is 14.3. The maximum absolute atomic E-state index is 12.4. The molecule has 0 atom stereocenters. The average Bonchev–Trinajstić information content (AvgIpc) is 3.04. The van der Waals surface area contributed by atoms with E-state index in [0.717, 1.165) is 45.3 Å². The second-order valence-corrected chi connectivity index (χ2v) is 8.99. The highest BCUT2D eigenvalue weighted by molar-refractivity contribution is 7.99. The fraction of sp³-hybridized carbons (Fsp3) is 0.944. The van der Waals surface area contributed by atoms with E-state index in [9.17, 15) is 9.90 Å². The summed E-state index contributed by atoms with van der Waals surface area (Å²) in [5.74, 6) is 2.48. The fourth-order valence-electron chi connectivity index (χ4n) is 4.69. The summed E-state index contributed by atoms with van der Waals surface area (Å²) in [6.07, 6.45) is 10.2. The van der Waals surface area contributed by atoms with Crippen LogP contribution in [0.2, 0.25) is 0 Å². The number of hydrogen-bond donors (Lipinski definition) is 2. The van der Waals surface area contributed by atoms with E-state index < -0.39 is 5.60 Å². The molecule has 0 aromatic rings. The van der Waals surface area contributed by atoms with Crippen molar-refractivity contribution in [3.05, 3.63) is 0 Å². The second-order valence-electron chi connectivity index (χ2n) is 7.77. The van der Waals surface area contributed by atoms with Crippen molar-refractivity contribution in [2.24, 2.45) is 0 Å². The van der Waals surface area contributed by atoms with Crippen LogP contribution in [0.25, 0.3) is 0 Å². The number of hydrogen-bond acceptors (Lipinski definition) is 4. The SMILES string of the molecule is O=C(CC1(O)CCCCC1)NCC1(N2CCSCC2)CCCC1. The van der Waals surface area contributed by atoms with Gasteiger partial charge in [0.15, 0.2) is 0 Å². The Balaban J connectivity index is 1.53. The molecule has 2 N–H and O–H groups in total. The van der Waals surface area contributed by atoms with Crippen LogP contribution in [-0.4, -0.2) is 58.2 Å². The van der Waals surface area contributed by atoms with Crippen LogP contribution in [0.15, 0.2) is 0 Å². The van der Waals surface area contributed by atoms with Crippen molar-refractivity contribution in [2.75, 3.05) is 31.1 Å². The van der Waals surface area contributed by atoms with Gasteiger partial charge in [0.1, 0.15) is 0 Å². The number of thioether (sulfide) groups is 1. The summed E-state index contributed by atoms with van der Waals surface area (Å²) < 4.78 is 0. The van der Waals surface area contributed by atoms with Gasteiger partial charge in [0, 0.05) is 36.7 Å². The van der Waals surface area contributed by atoms with Gasteiger partial charge in [-0.2, -0.15) is 11.8 Å². The number of nitrogens with zero attached hydrogens (tertiary/aromatic N) is 1. The number of aliphatic hydroxyl groups is 1. The van der Waals surface area contributed by atoms with Crippen molar-refractivity contribution >= 4 is 17.7 Å². The highest BCUT2D eigenvalue weighted by Gasteiger charge is 2.40. The molecule has 1 saturated heterocycles. The normalized spacial score (nSPS) is 27.7. The summed E-state index contributed by atoms with van der Waals surface area (Å²) in [4.78, 5) is 15.0. The molecule has 2 aliphatic carbocycles. The Morgan fingerprint density at radius 1 is 1.00 bits per heavy atom. The largest absolute Gasteiger partial charge is 0.389 e. The van der Waals surface area contributed by atoms with E-state index in [1.165, 1.54) is 43.6 Å². The number of carbonyl (C=O) groups excluding carboxylic acids is 1. The van der Waals surface area contributed by atoms with Gasteiger partial charge in [-0.05, 0) is 25.7 Å². The highest BCUT2D eigenvalue weighted by Crippen LogP contribution is 2.36. The first-order valence-electron chi connectivity index (χ1n) is 9.44. The van der Waals surface area contributed by atoms with Gasteiger partial charge < -0.3 is 10.4 Å². The van der Waals surface area contributed by atoms with Crippen LogP contribution in [0, 0.1) is 0 Å². The lowest BCUT2D eigenvalue weighted by Gasteiger charge is -2.43. The van der Waals surface area contributed by atoms with Crippen LogP contribution >= 0.6 is 11.8 Å². The van der Waals surface area contributed by atoms with Gasteiger partial charge in [-0.25, -0.2) is 0 Å². The van der Waals surface area contributed by atoms with E-state index in [1.807, 2.05) is 11.8 Å². The summed E-state index contributed by atoms with van der Waals surface area (Å²) in [6.45, 7) is 3.08. The monoisotopic (exact) mass is 340 g/mol. The molecule has 2 saturated carbocycles. The van der Waals surface area contributed by atoms with Gasteiger partial charge in [-0.3, -0.25) is 9.69 Å². The first-order chi connectivity index (χ1) is 11.1. The molecule has 1 heterocycles. The molecule has 0 aromatic carbocycles. The van der Waals surface area contributed by atoms with E-state index >= 15 is 0 Å². The number of carbonyl (C=O) groups is 1. The smallest absolute Gasteiger partial charge is 0.222 e. The summed E-state index contributed by atoms with van der Waals surface area (Å²) in [6, 6.07) is 0. The standard InChI is InChI=1S/C18H32N2O2S/c21-16(14-18(22)8-2-1-3-9-18)19-15-17(6-4-5-7-17)20-10-12-23-13-11-20/h22H,1-15H2,(H,19,21). The molecule has 0 bridgehead atoms. The molecule has 5 heteroatoms. The van der Waals surface area contributed by atoms with Gasteiger partial charge in [0.2, 0.25) is 5.91 Å². The minimum absolute atomic E-state index is 0.0482. The fourth-order valence-corrected chi connectivity index (χ4v) is 5.59. The minimum Gasteiger partial charge on any atom is -0.389 e. The average molecular weight is 341 g/mol. The molecule has 0 spiro atoms. The maximum Gasteiger partial charge on any atom is 0.222 e. The molecule has 3 fully saturated rings. The van der Waals surface area contributed by atoms with Crippen molar-refractivity contribution < 1.29 is 9.90 Å². The van der Waals surface area contributed by atoms with Crippen molar-refractivity contribution in [3.8, 4) is 0 Å². The summed E-state index contributed by atoms with van der Waals surface area (Å²) in [5.41, 5.74) is -0.557. The molecule has 132 valence electrons. The van der Waals surface area contributed by atoms with Crippen molar-refractivity contribution in [1.82, 2.24) is 10.2 Å². The number of nitrogens with one attached hydrogen (secondary N) is 1. The Morgan fingerprint density at radius 3 is 2.26 bits per heavy atom. The molecule has 3 aliphatic rings. The lowest BCUT2D eigenvalue weighted by molar-refractivity contribution is -0.128. The molecule has 0 aromatic heterocycles. The van der Waals surface area contributed by atoms with Crippen molar-refractivity contribution in [1.29, 1.82) is 0 Å². The predicted molar refractivity (Wildman–Crippen MR) is 95.8 cm³/mol. The quantitative estimate of drug-likeness (QED) is 0.808. The molecular weight excluding hydrogens is 308 g/mol. The van der Waals surface area contributed by atoms with Gasteiger partial charge in [0.25, 0.3) is 0 Å². The van der Waals surface area contributed by atoms with Gasteiger partial charge in [0.05, 0.1) is 12.0 Å². The van der Waals surface area contributed by atoms with Crippen LogP contribution in [0.5, 0.6) is 0 Å². The van der Waals surface area contributed by atoms with Crippen molar-refractivity contribution in [2.45, 2.75) is 75.3 Å². The molecule has 0 radical (unpaired) electrons. The molecule has 1 amide bonds. The molecule has 4 nitrogen and oxygen atoms in total. The topological polar surface area (TPSA) is 52.6 Å². The number of rotatable bonds is 5. The van der Waals surface area contributed by atoms with E-state index in [2.05, 4.69) is 10.2 Å². The Morgan fingerprint density at radius 2 is 1.61 bits per heavy atom. The van der Waals surface area contributed by atoms with Gasteiger partial charge in [-0.15, -0.1) is 0 Å². The summed E-state index contributed by atoms with van der Waals surface area (Å²) >= 11 is 2.04. The van der Waals surface area contributed by atoms with E-state index in [-0.39, 0.29) is 11.4 Å². The lowest BCUT2D eigenvalue weighted by Crippen LogP contribution is -2.57. The Kier molecular flexibility index (Phi) is 5.92. The third kappa shape index (κ3) is 4.43. The summed E-state index contributed by atoms with van der Waals surface area (Å²) in [5, 5.41) is 13.8. The summed E-state index contributed by atoms with van der Waals surface area (Å²) in [7, 11) is 0. The first kappa shape index (κ1) is 17.6. The van der Waals surface area contributed by atoms with Crippen LogP contribution < -0.4 is 5.32 Å². The van der Waals surface area contributed by atoms with Gasteiger partial charge >= 0.3 is 0 Å². The van der Waals surface area contributed by atoms with Crippen molar-refractivity contribution in [3.63, 3.8) is 0 Å². The maximum atomic E-state index is 12.4. The zero-order chi connectivity index (χ0) is 16.2. The van der Waals surface area contributed by atoms with Crippen LogP contribution in [-0.2, 0) is 4.79 Å². The van der Waals surface area contributed by atoms with Crippen LogP contribution in [0.1, 0.15) is 64.2 Å². The molecule has 0 unspecified atom stereocenters. The minimum atomic E-state index is -0.743. The molecule has 1 aliphatic heterocycles.